The van der Waals surface area contributed by atoms with E-state index in [1.54, 1.807) is 18.2 Å². The Morgan fingerprint density at radius 3 is 2.38 bits per heavy atom. The molecule has 1 aliphatic carbocycles. The normalized spacial score (nSPS) is 14.6. The molecule has 1 aliphatic rings. The van der Waals surface area contributed by atoms with E-state index < -0.39 is 10.2 Å². The Morgan fingerprint density at radius 1 is 1.00 bits per heavy atom. The van der Waals surface area contributed by atoms with E-state index in [4.69, 9.17) is 0 Å². The lowest BCUT2D eigenvalue weighted by Crippen LogP contribution is -1.94. The van der Waals surface area contributed by atoms with Gasteiger partial charge in [0.15, 0.2) is 0 Å². The Balaban J connectivity index is 2.52. The fourth-order valence-electron chi connectivity index (χ4n) is 2.43. The maximum Gasteiger partial charge on any atom is 0.332 e. The summed E-state index contributed by atoms with van der Waals surface area (Å²) in [7, 11) is -4.64. The van der Waals surface area contributed by atoms with Crippen molar-refractivity contribution in [3.05, 3.63) is 41.5 Å². The molecule has 3 rings (SSSR count). The molecular weight excluding hydrogens is 227 g/mol. The van der Waals surface area contributed by atoms with E-state index in [0.717, 1.165) is 29.4 Å². The van der Waals surface area contributed by atoms with Crippen molar-refractivity contribution in [2.75, 3.05) is 0 Å². The van der Waals surface area contributed by atoms with Crippen LogP contribution in [0.3, 0.4) is 0 Å². The first-order valence-electron chi connectivity index (χ1n) is 5.05. The third kappa shape index (κ3) is 1.26. The average Bonchev–Trinajstić information content (AvgIpc) is 2.63. The molecule has 0 heterocycles. The predicted octanol–water partition coefficient (Wildman–Crippen LogP) is 2.60. The molecule has 0 N–H and O–H groups in total. The number of halogens is 1. The Hall–Kier alpha value is -1.42. The second-order valence-electron chi connectivity index (χ2n) is 4.00. The van der Waals surface area contributed by atoms with Crippen LogP contribution in [0.2, 0.25) is 0 Å². The van der Waals surface area contributed by atoms with Crippen molar-refractivity contribution in [1.29, 1.82) is 0 Å². The Labute approximate surface area is 92.9 Å². The summed E-state index contributed by atoms with van der Waals surface area (Å²) in [5, 5.41) is 1.43. The van der Waals surface area contributed by atoms with Crippen LogP contribution in [0.5, 0.6) is 0 Å². The molecule has 0 unspecified atom stereocenters. The van der Waals surface area contributed by atoms with E-state index >= 15 is 0 Å². The Kier molecular flexibility index (Phi) is 1.86. The van der Waals surface area contributed by atoms with Crippen LogP contribution >= 0.6 is 0 Å². The number of hydrogen-bond acceptors (Lipinski definition) is 2. The summed E-state index contributed by atoms with van der Waals surface area (Å²) in [6, 6.07) is 8.49. The van der Waals surface area contributed by atoms with Crippen LogP contribution in [0.25, 0.3) is 10.8 Å². The van der Waals surface area contributed by atoms with Gasteiger partial charge in [-0.05, 0) is 35.4 Å². The second kappa shape index (κ2) is 3.04. The average molecular weight is 236 g/mol. The van der Waals surface area contributed by atoms with Crippen LogP contribution in [0.1, 0.15) is 11.1 Å². The molecule has 0 saturated carbocycles. The molecule has 0 spiro atoms. The SMILES string of the molecule is O=S(=O)(F)c1ccc2c3c(cccc13)CC2. The van der Waals surface area contributed by atoms with E-state index in [9.17, 15) is 12.3 Å². The van der Waals surface area contributed by atoms with Crippen LogP contribution in [-0.2, 0) is 23.1 Å². The van der Waals surface area contributed by atoms with E-state index in [2.05, 4.69) is 0 Å². The summed E-state index contributed by atoms with van der Waals surface area (Å²) in [5.41, 5.74) is 2.22. The quantitative estimate of drug-likeness (QED) is 0.713. The zero-order valence-electron chi connectivity index (χ0n) is 8.40. The summed E-state index contributed by atoms with van der Waals surface area (Å²) >= 11 is 0. The van der Waals surface area contributed by atoms with Gasteiger partial charge in [0.25, 0.3) is 0 Å². The monoisotopic (exact) mass is 236 g/mol. The smallest absolute Gasteiger partial charge is 0.189 e. The summed E-state index contributed by atoms with van der Waals surface area (Å²) < 4.78 is 35.2. The lowest BCUT2D eigenvalue weighted by molar-refractivity contribution is 0.553. The van der Waals surface area contributed by atoms with Gasteiger partial charge in [0.2, 0.25) is 0 Å². The Morgan fingerprint density at radius 2 is 1.69 bits per heavy atom. The molecule has 0 radical (unpaired) electrons. The largest absolute Gasteiger partial charge is 0.332 e. The molecule has 2 aromatic rings. The predicted molar refractivity (Wildman–Crippen MR) is 59.6 cm³/mol. The number of hydrogen-bond donors (Lipinski definition) is 0. The molecule has 0 aromatic heterocycles. The first kappa shape index (κ1) is 9.78. The van der Waals surface area contributed by atoms with Gasteiger partial charge in [-0.25, -0.2) is 0 Å². The molecule has 0 bridgehead atoms. The molecule has 82 valence electrons. The van der Waals surface area contributed by atoms with Crippen molar-refractivity contribution in [2.24, 2.45) is 0 Å². The highest BCUT2D eigenvalue weighted by atomic mass is 32.3. The molecule has 0 aliphatic heterocycles. The molecule has 4 heteroatoms. The first-order chi connectivity index (χ1) is 7.57. The van der Waals surface area contributed by atoms with E-state index in [1.165, 1.54) is 6.07 Å². The topological polar surface area (TPSA) is 34.1 Å². The van der Waals surface area contributed by atoms with Gasteiger partial charge in [0.1, 0.15) is 4.90 Å². The van der Waals surface area contributed by atoms with Crippen LogP contribution in [0.15, 0.2) is 35.2 Å². The Bertz CT molecular complexity index is 679. The minimum absolute atomic E-state index is 0.213. The van der Waals surface area contributed by atoms with Gasteiger partial charge in [-0.15, -0.1) is 3.89 Å². The van der Waals surface area contributed by atoms with Crippen molar-refractivity contribution in [3.8, 4) is 0 Å². The van der Waals surface area contributed by atoms with Crippen LogP contribution in [-0.4, -0.2) is 8.42 Å². The van der Waals surface area contributed by atoms with Crippen molar-refractivity contribution in [3.63, 3.8) is 0 Å². The van der Waals surface area contributed by atoms with Crippen molar-refractivity contribution < 1.29 is 12.3 Å². The molecule has 0 amide bonds. The summed E-state index contributed by atoms with van der Waals surface area (Å²) in [4.78, 5) is -0.213. The van der Waals surface area contributed by atoms with Gasteiger partial charge in [0, 0.05) is 5.39 Å². The minimum atomic E-state index is -4.64. The maximum absolute atomic E-state index is 13.1. The zero-order chi connectivity index (χ0) is 11.3. The molecule has 16 heavy (non-hydrogen) atoms. The third-order valence-corrected chi connectivity index (χ3v) is 3.98. The van der Waals surface area contributed by atoms with Crippen molar-refractivity contribution in [1.82, 2.24) is 0 Å². The van der Waals surface area contributed by atoms with Crippen LogP contribution in [0.4, 0.5) is 3.89 Å². The molecule has 2 nitrogen and oxygen atoms in total. The summed E-state index contributed by atoms with van der Waals surface area (Å²) in [5.74, 6) is 0. The fourth-order valence-corrected chi connectivity index (χ4v) is 3.10. The highest BCUT2D eigenvalue weighted by Crippen LogP contribution is 2.34. The van der Waals surface area contributed by atoms with Crippen LogP contribution < -0.4 is 0 Å². The van der Waals surface area contributed by atoms with Gasteiger partial charge in [-0.2, -0.15) is 8.42 Å². The van der Waals surface area contributed by atoms with Gasteiger partial charge < -0.3 is 0 Å². The van der Waals surface area contributed by atoms with E-state index in [0.29, 0.717) is 5.39 Å². The number of aryl methyl sites for hydroxylation is 2. The number of benzene rings is 2. The summed E-state index contributed by atoms with van der Waals surface area (Å²) in [6.45, 7) is 0. The highest BCUT2D eigenvalue weighted by molar-refractivity contribution is 7.86. The zero-order valence-corrected chi connectivity index (χ0v) is 9.22. The number of rotatable bonds is 1. The second-order valence-corrected chi connectivity index (χ2v) is 5.32. The van der Waals surface area contributed by atoms with Gasteiger partial charge in [-0.3, -0.25) is 0 Å². The van der Waals surface area contributed by atoms with Gasteiger partial charge in [-0.1, -0.05) is 24.3 Å². The molecule has 2 aromatic carbocycles. The minimum Gasteiger partial charge on any atom is -0.189 e. The maximum atomic E-state index is 13.1. The first-order valence-corrected chi connectivity index (χ1v) is 6.44. The van der Waals surface area contributed by atoms with Crippen molar-refractivity contribution in [2.45, 2.75) is 17.7 Å². The standard InChI is InChI=1S/C12H9FO2S/c13-16(14,15)11-7-6-9-5-4-8-2-1-3-10(11)12(8)9/h1-3,6-7H,4-5H2. The van der Waals surface area contributed by atoms with E-state index in [-0.39, 0.29) is 4.90 Å². The van der Waals surface area contributed by atoms with Gasteiger partial charge in [0.05, 0.1) is 0 Å². The lowest BCUT2D eigenvalue weighted by atomic mass is 10.1. The molecule has 0 atom stereocenters. The van der Waals surface area contributed by atoms with Crippen LogP contribution in [0, 0.1) is 0 Å². The lowest BCUT2D eigenvalue weighted by Gasteiger charge is -2.05. The molecular formula is C12H9FO2S. The molecule has 0 saturated heterocycles. The van der Waals surface area contributed by atoms with Gasteiger partial charge >= 0.3 is 10.2 Å². The summed E-state index contributed by atoms with van der Waals surface area (Å²) in [6.07, 6.45) is 1.81. The molecule has 0 fully saturated rings. The third-order valence-electron chi connectivity index (χ3n) is 3.10. The fraction of sp³-hybridized carbons (Fsp3) is 0.167. The highest BCUT2D eigenvalue weighted by Gasteiger charge is 2.21. The van der Waals surface area contributed by atoms with Crippen molar-refractivity contribution >= 4 is 21.0 Å². The van der Waals surface area contributed by atoms with E-state index in [1.807, 2.05) is 6.07 Å².